The zero-order valence-corrected chi connectivity index (χ0v) is 10.3. The van der Waals surface area contributed by atoms with Crippen LogP contribution in [0.5, 0.6) is 0 Å². The normalized spacial score (nSPS) is 13.1. The minimum absolute atomic E-state index is 0.465. The van der Waals surface area contributed by atoms with E-state index in [4.69, 9.17) is 0 Å². The number of imidazole rings is 1. The van der Waals surface area contributed by atoms with E-state index in [0.29, 0.717) is 6.54 Å². The van der Waals surface area contributed by atoms with Gasteiger partial charge in [-0.2, -0.15) is 0 Å². The molecule has 1 unspecified atom stereocenters. The van der Waals surface area contributed by atoms with Crippen molar-refractivity contribution in [2.75, 3.05) is 13.1 Å². The third kappa shape index (κ3) is 2.65. The summed E-state index contributed by atoms with van der Waals surface area (Å²) in [4.78, 5) is 4.29. The van der Waals surface area contributed by atoms with Crippen molar-refractivity contribution in [3.05, 3.63) is 30.1 Å². The zero-order chi connectivity index (χ0) is 12.3. The van der Waals surface area contributed by atoms with Gasteiger partial charge in [0.25, 0.3) is 0 Å². The van der Waals surface area contributed by atoms with E-state index in [9.17, 15) is 5.11 Å². The summed E-state index contributed by atoms with van der Waals surface area (Å²) in [6.07, 6.45) is 2.40. The number of hydrogen-bond donors (Lipinski definition) is 2. The molecule has 0 fully saturated rings. The minimum atomic E-state index is -0.465. The van der Waals surface area contributed by atoms with E-state index in [-0.39, 0.29) is 0 Å². The molecule has 4 nitrogen and oxygen atoms in total. The third-order valence-electron chi connectivity index (χ3n) is 2.90. The van der Waals surface area contributed by atoms with Gasteiger partial charge in [0.1, 0.15) is 0 Å². The molecule has 1 atom stereocenters. The standard InChI is InChI=1S/C13H19N3O/c1-3-6-14-8-13(17)10-4-5-12-11(7-10)15-9-16(12)2/h4-5,7,9,13-14,17H,3,6,8H2,1-2H3. The summed E-state index contributed by atoms with van der Waals surface area (Å²) in [5.41, 5.74) is 2.93. The van der Waals surface area contributed by atoms with Crippen LogP contribution in [-0.2, 0) is 7.05 Å². The van der Waals surface area contributed by atoms with Crippen molar-refractivity contribution >= 4 is 11.0 Å². The molecule has 0 aliphatic heterocycles. The second-order valence-corrected chi connectivity index (χ2v) is 4.32. The molecule has 92 valence electrons. The molecule has 2 aromatic rings. The van der Waals surface area contributed by atoms with Crippen LogP contribution in [0.3, 0.4) is 0 Å². The molecule has 0 saturated heterocycles. The van der Waals surface area contributed by atoms with Gasteiger partial charge in [-0.25, -0.2) is 4.98 Å². The van der Waals surface area contributed by atoms with Crippen LogP contribution in [0.2, 0.25) is 0 Å². The van der Waals surface area contributed by atoms with Gasteiger partial charge in [-0.05, 0) is 30.7 Å². The number of hydrogen-bond acceptors (Lipinski definition) is 3. The van der Waals surface area contributed by atoms with Crippen molar-refractivity contribution in [2.24, 2.45) is 7.05 Å². The van der Waals surface area contributed by atoms with E-state index in [1.807, 2.05) is 29.8 Å². The highest BCUT2D eigenvalue weighted by molar-refractivity contribution is 5.76. The van der Waals surface area contributed by atoms with Crippen molar-refractivity contribution in [1.29, 1.82) is 0 Å². The molecule has 0 bridgehead atoms. The number of fused-ring (bicyclic) bond motifs is 1. The van der Waals surface area contributed by atoms with E-state index in [1.54, 1.807) is 6.33 Å². The molecule has 2 N–H and O–H groups in total. The Hall–Kier alpha value is -1.39. The fourth-order valence-corrected chi connectivity index (χ4v) is 1.89. The zero-order valence-electron chi connectivity index (χ0n) is 10.3. The molecule has 4 heteroatoms. The molecule has 0 spiro atoms. The molecule has 1 heterocycles. The monoisotopic (exact) mass is 233 g/mol. The largest absolute Gasteiger partial charge is 0.387 e. The van der Waals surface area contributed by atoms with Crippen molar-refractivity contribution in [3.8, 4) is 0 Å². The average Bonchev–Trinajstić information content (AvgIpc) is 2.71. The van der Waals surface area contributed by atoms with Crippen molar-refractivity contribution in [3.63, 3.8) is 0 Å². The van der Waals surface area contributed by atoms with Crippen LogP contribution in [0.25, 0.3) is 11.0 Å². The molecule has 0 aliphatic rings. The number of aryl methyl sites for hydroxylation is 1. The molecule has 1 aromatic heterocycles. The number of benzene rings is 1. The smallest absolute Gasteiger partial charge is 0.0955 e. The molecular formula is C13H19N3O. The average molecular weight is 233 g/mol. The molecule has 1 aromatic carbocycles. The highest BCUT2D eigenvalue weighted by Gasteiger charge is 2.08. The Morgan fingerprint density at radius 1 is 1.47 bits per heavy atom. The first-order chi connectivity index (χ1) is 8.22. The van der Waals surface area contributed by atoms with Gasteiger partial charge in [-0.15, -0.1) is 0 Å². The maximum Gasteiger partial charge on any atom is 0.0955 e. The van der Waals surface area contributed by atoms with E-state index in [0.717, 1.165) is 29.6 Å². The van der Waals surface area contributed by atoms with Crippen LogP contribution >= 0.6 is 0 Å². The van der Waals surface area contributed by atoms with Crippen LogP contribution in [0.1, 0.15) is 25.0 Å². The highest BCUT2D eigenvalue weighted by atomic mass is 16.3. The van der Waals surface area contributed by atoms with Crippen LogP contribution in [0.4, 0.5) is 0 Å². The molecular weight excluding hydrogens is 214 g/mol. The van der Waals surface area contributed by atoms with Gasteiger partial charge in [-0.3, -0.25) is 0 Å². The van der Waals surface area contributed by atoms with Gasteiger partial charge in [0.15, 0.2) is 0 Å². The highest BCUT2D eigenvalue weighted by Crippen LogP contribution is 2.18. The van der Waals surface area contributed by atoms with Gasteiger partial charge >= 0.3 is 0 Å². The lowest BCUT2D eigenvalue weighted by molar-refractivity contribution is 0.175. The first kappa shape index (κ1) is 12.1. The molecule has 2 rings (SSSR count). The van der Waals surface area contributed by atoms with Crippen LogP contribution in [0, 0.1) is 0 Å². The number of aliphatic hydroxyl groups excluding tert-OH is 1. The quantitative estimate of drug-likeness (QED) is 0.771. The van der Waals surface area contributed by atoms with E-state index in [2.05, 4.69) is 17.2 Å². The van der Waals surface area contributed by atoms with Gasteiger partial charge in [0.2, 0.25) is 0 Å². The van der Waals surface area contributed by atoms with Gasteiger partial charge in [0.05, 0.1) is 23.5 Å². The molecule has 17 heavy (non-hydrogen) atoms. The summed E-state index contributed by atoms with van der Waals surface area (Å²) in [6, 6.07) is 5.91. The summed E-state index contributed by atoms with van der Waals surface area (Å²) in [6.45, 7) is 3.63. The first-order valence-electron chi connectivity index (χ1n) is 6.02. The number of rotatable bonds is 5. The van der Waals surface area contributed by atoms with Crippen molar-refractivity contribution in [2.45, 2.75) is 19.4 Å². The van der Waals surface area contributed by atoms with Crippen LogP contribution < -0.4 is 5.32 Å². The number of aliphatic hydroxyl groups is 1. The summed E-state index contributed by atoms with van der Waals surface area (Å²) in [5.74, 6) is 0. The van der Waals surface area contributed by atoms with E-state index < -0.39 is 6.10 Å². The SMILES string of the molecule is CCCNCC(O)c1ccc2c(c1)ncn2C. The fourth-order valence-electron chi connectivity index (χ4n) is 1.89. The Morgan fingerprint density at radius 3 is 3.06 bits per heavy atom. The topological polar surface area (TPSA) is 50.1 Å². The Labute approximate surface area is 101 Å². The molecule has 0 aliphatic carbocycles. The lowest BCUT2D eigenvalue weighted by Gasteiger charge is -2.11. The number of nitrogens with zero attached hydrogens (tertiary/aromatic N) is 2. The molecule has 0 amide bonds. The second kappa shape index (κ2) is 5.29. The first-order valence-corrected chi connectivity index (χ1v) is 6.02. The van der Waals surface area contributed by atoms with Gasteiger partial charge < -0.3 is 15.0 Å². The maximum atomic E-state index is 10.0. The number of nitrogens with one attached hydrogen (secondary N) is 1. The van der Waals surface area contributed by atoms with Gasteiger partial charge in [0, 0.05) is 13.6 Å². The Kier molecular flexibility index (Phi) is 3.76. The van der Waals surface area contributed by atoms with Crippen LogP contribution in [0.15, 0.2) is 24.5 Å². The lowest BCUT2D eigenvalue weighted by Crippen LogP contribution is -2.22. The van der Waals surface area contributed by atoms with E-state index in [1.165, 1.54) is 0 Å². The van der Waals surface area contributed by atoms with Gasteiger partial charge in [-0.1, -0.05) is 13.0 Å². The summed E-state index contributed by atoms with van der Waals surface area (Å²) >= 11 is 0. The van der Waals surface area contributed by atoms with Crippen LogP contribution in [-0.4, -0.2) is 27.7 Å². The maximum absolute atomic E-state index is 10.0. The summed E-state index contributed by atoms with van der Waals surface area (Å²) < 4.78 is 1.97. The van der Waals surface area contributed by atoms with Crippen molar-refractivity contribution < 1.29 is 5.11 Å². The Morgan fingerprint density at radius 2 is 2.29 bits per heavy atom. The molecule has 0 saturated carbocycles. The predicted octanol–water partition coefficient (Wildman–Crippen LogP) is 1.61. The Bertz CT molecular complexity index is 492. The number of aromatic nitrogens is 2. The van der Waals surface area contributed by atoms with E-state index >= 15 is 0 Å². The second-order valence-electron chi connectivity index (χ2n) is 4.32. The lowest BCUT2D eigenvalue weighted by atomic mass is 10.1. The predicted molar refractivity (Wildman–Crippen MR) is 68.8 cm³/mol. The minimum Gasteiger partial charge on any atom is -0.387 e. The van der Waals surface area contributed by atoms with Crippen molar-refractivity contribution in [1.82, 2.24) is 14.9 Å². The molecule has 0 radical (unpaired) electrons. The third-order valence-corrected chi connectivity index (χ3v) is 2.90. The summed E-state index contributed by atoms with van der Waals surface area (Å²) in [7, 11) is 1.97. The Balaban J connectivity index is 2.12. The fraction of sp³-hybridized carbons (Fsp3) is 0.462. The summed E-state index contributed by atoms with van der Waals surface area (Å²) in [5, 5.41) is 13.2.